The lowest BCUT2D eigenvalue weighted by Crippen LogP contribution is -2.38. The minimum Gasteiger partial charge on any atom is -0.462 e. The van der Waals surface area contributed by atoms with E-state index in [0.29, 0.717) is 24.0 Å². The average Bonchev–Trinajstić information content (AvgIpc) is 2.86. The number of hydrogen-bond donors (Lipinski definition) is 0. The van der Waals surface area contributed by atoms with Crippen molar-refractivity contribution < 1.29 is 14.2 Å². The maximum absolute atomic E-state index is 6.07. The van der Waals surface area contributed by atoms with Gasteiger partial charge in [-0.1, -0.05) is 31.5 Å². The Morgan fingerprint density at radius 1 is 1.00 bits per heavy atom. The van der Waals surface area contributed by atoms with Gasteiger partial charge in [-0.05, 0) is 38.0 Å². The number of morpholine rings is 1. The van der Waals surface area contributed by atoms with Crippen LogP contribution in [0.3, 0.4) is 0 Å². The molecule has 1 aromatic carbocycles. The molecule has 0 radical (unpaired) electrons. The molecular formula is C26H35N5O3. The summed E-state index contributed by atoms with van der Waals surface area (Å²) in [5.74, 6) is 2.28. The van der Waals surface area contributed by atoms with Gasteiger partial charge < -0.3 is 19.1 Å². The molecule has 0 aliphatic carbocycles. The lowest BCUT2D eigenvalue weighted by atomic mass is 10.2. The van der Waals surface area contributed by atoms with Crippen LogP contribution in [-0.4, -0.2) is 72.4 Å². The third kappa shape index (κ3) is 6.33. The van der Waals surface area contributed by atoms with Gasteiger partial charge in [0.1, 0.15) is 23.9 Å². The van der Waals surface area contributed by atoms with Crippen molar-refractivity contribution in [2.75, 3.05) is 57.4 Å². The molecule has 1 fully saturated rings. The molecule has 1 saturated heterocycles. The van der Waals surface area contributed by atoms with Crippen LogP contribution in [0.1, 0.15) is 32.3 Å². The van der Waals surface area contributed by atoms with Crippen molar-refractivity contribution in [3.05, 3.63) is 42.1 Å². The van der Waals surface area contributed by atoms with Crippen molar-refractivity contribution in [1.29, 1.82) is 0 Å². The van der Waals surface area contributed by atoms with Crippen molar-refractivity contribution in [2.24, 2.45) is 0 Å². The second-order valence-corrected chi connectivity index (χ2v) is 8.58. The maximum atomic E-state index is 6.07. The largest absolute Gasteiger partial charge is 0.462 e. The predicted molar refractivity (Wildman–Crippen MR) is 134 cm³/mol. The number of aromatic nitrogens is 3. The highest BCUT2D eigenvalue weighted by atomic mass is 16.5. The molecule has 1 aliphatic heterocycles. The standard InChI is InChI=1S/C26H35N5O3/c1-4-10-31(11-5-2)25-23-18-22(34-21-8-6-20(3)7-9-21)19-27-24(23)28-26(29-25)33-17-14-30-12-15-32-16-13-30/h6-9,18-19H,4-5,10-17H2,1-3H3. The molecule has 4 rings (SSSR count). The van der Waals surface area contributed by atoms with E-state index in [1.807, 2.05) is 30.3 Å². The Kier molecular flexibility index (Phi) is 8.49. The number of aryl methyl sites for hydroxylation is 1. The van der Waals surface area contributed by atoms with Gasteiger partial charge in [-0.2, -0.15) is 9.97 Å². The van der Waals surface area contributed by atoms with Crippen LogP contribution in [0.25, 0.3) is 11.0 Å². The second-order valence-electron chi connectivity index (χ2n) is 8.58. The van der Waals surface area contributed by atoms with Crippen LogP contribution in [0.4, 0.5) is 5.82 Å². The molecule has 182 valence electrons. The normalized spacial score (nSPS) is 14.3. The van der Waals surface area contributed by atoms with Gasteiger partial charge in [0.15, 0.2) is 5.65 Å². The molecule has 2 aromatic heterocycles. The number of hydrogen-bond acceptors (Lipinski definition) is 8. The summed E-state index contributed by atoms with van der Waals surface area (Å²) < 4.78 is 17.5. The van der Waals surface area contributed by atoms with Crippen molar-refractivity contribution in [3.63, 3.8) is 0 Å². The summed E-state index contributed by atoms with van der Waals surface area (Å²) in [7, 11) is 0. The first-order valence-electron chi connectivity index (χ1n) is 12.3. The molecule has 0 amide bonds. The van der Waals surface area contributed by atoms with Gasteiger partial charge >= 0.3 is 6.01 Å². The van der Waals surface area contributed by atoms with Crippen LogP contribution >= 0.6 is 0 Å². The van der Waals surface area contributed by atoms with Gasteiger partial charge in [0.05, 0.1) is 24.8 Å². The summed E-state index contributed by atoms with van der Waals surface area (Å²) in [6, 6.07) is 10.3. The van der Waals surface area contributed by atoms with Gasteiger partial charge in [0.2, 0.25) is 0 Å². The van der Waals surface area contributed by atoms with Crippen molar-refractivity contribution in [3.8, 4) is 17.5 Å². The molecule has 8 heteroatoms. The zero-order chi connectivity index (χ0) is 23.8. The predicted octanol–water partition coefficient (Wildman–Crippen LogP) is 4.46. The molecule has 0 unspecified atom stereocenters. The molecule has 0 atom stereocenters. The lowest BCUT2D eigenvalue weighted by Gasteiger charge is -2.26. The zero-order valence-corrected chi connectivity index (χ0v) is 20.5. The van der Waals surface area contributed by atoms with E-state index in [1.54, 1.807) is 6.20 Å². The van der Waals surface area contributed by atoms with E-state index in [4.69, 9.17) is 19.2 Å². The van der Waals surface area contributed by atoms with E-state index < -0.39 is 0 Å². The Morgan fingerprint density at radius 2 is 1.74 bits per heavy atom. The highest BCUT2D eigenvalue weighted by Crippen LogP contribution is 2.30. The Hall–Kier alpha value is -2.97. The first kappa shape index (κ1) is 24.2. The summed E-state index contributed by atoms with van der Waals surface area (Å²) in [6.07, 6.45) is 3.75. The monoisotopic (exact) mass is 465 g/mol. The number of pyridine rings is 1. The first-order chi connectivity index (χ1) is 16.7. The van der Waals surface area contributed by atoms with E-state index in [9.17, 15) is 0 Å². The smallest absolute Gasteiger partial charge is 0.320 e. The van der Waals surface area contributed by atoms with Gasteiger partial charge in [-0.3, -0.25) is 4.90 Å². The minimum absolute atomic E-state index is 0.368. The fourth-order valence-electron chi connectivity index (χ4n) is 4.02. The fraction of sp³-hybridized carbons (Fsp3) is 0.500. The van der Waals surface area contributed by atoms with Crippen LogP contribution in [0.5, 0.6) is 17.5 Å². The van der Waals surface area contributed by atoms with Gasteiger partial charge in [-0.15, -0.1) is 0 Å². The highest BCUT2D eigenvalue weighted by Gasteiger charge is 2.17. The summed E-state index contributed by atoms with van der Waals surface area (Å²) in [6.45, 7) is 13.0. The average molecular weight is 466 g/mol. The van der Waals surface area contributed by atoms with Crippen molar-refractivity contribution in [1.82, 2.24) is 19.9 Å². The molecule has 0 saturated carbocycles. The van der Waals surface area contributed by atoms with Gasteiger partial charge in [0, 0.05) is 32.7 Å². The number of benzene rings is 1. The molecule has 3 aromatic rings. The van der Waals surface area contributed by atoms with E-state index in [2.05, 4.69) is 40.5 Å². The van der Waals surface area contributed by atoms with E-state index in [0.717, 1.165) is 75.7 Å². The third-order valence-corrected chi connectivity index (χ3v) is 5.77. The molecular weight excluding hydrogens is 430 g/mol. The van der Waals surface area contributed by atoms with Crippen LogP contribution in [0.15, 0.2) is 36.5 Å². The minimum atomic E-state index is 0.368. The molecule has 34 heavy (non-hydrogen) atoms. The maximum Gasteiger partial charge on any atom is 0.320 e. The molecule has 0 bridgehead atoms. The number of fused-ring (bicyclic) bond motifs is 1. The number of nitrogens with zero attached hydrogens (tertiary/aromatic N) is 5. The van der Waals surface area contributed by atoms with Crippen molar-refractivity contribution in [2.45, 2.75) is 33.6 Å². The molecule has 3 heterocycles. The fourth-order valence-corrected chi connectivity index (χ4v) is 4.02. The Bertz CT molecular complexity index is 1050. The van der Waals surface area contributed by atoms with Crippen LogP contribution in [-0.2, 0) is 4.74 Å². The van der Waals surface area contributed by atoms with E-state index in [-0.39, 0.29) is 0 Å². The van der Waals surface area contributed by atoms with E-state index in [1.165, 1.54) is 5.56 Å². The topological polar surface area (TPSA) is 72.8 Å². The molecule has 1 aliphatic rings. The first-order valence-corrected chi connectivity index (χ1v) is 12.3. The van der Waals surface area contributed by atoms with Crippen LogP contribution in [0, 0.1) is 6.92 Å². The zero-order valence-electron chi connectivity index (χ0n) is 20.5. The quantitative estimate of drug-likeness (QED) is 0.411. The SMILES string of the molecule is CCCN(CCC)c1nc(OCCN2CCOCC2)nc2ncc(Oc3ccc(C)cc3)cc12. The number of ether oxygens (including phenoxy) is 3. The second kappa shape index (κ2) is 11.9. The van der Waals surface area contributed by atoms with Crippen molar-refractivity contribution >= 4 is 16.9 Å². The molecule has 8 nitrogen and oxygen atoms in total. The number of rotatable bonds is 11. The summed E-state index contributed by atoms with van der Waals surface area (Å²) in [5, 5.41) is 0.868. The van der Waals surface area contributed by atoms with Crippen LogP contribution in [0.2, 0.25) is 0 Å². The molecule has 0 N–H and O–H groups in total. The van der Waals surface area contributed by atoms with Gasteiger partial charge in [-0.25, -0.2) is 4.98 Å². The number of anilines is 1. The van der Waals surface area contributed by atoms with E-state index >= 15 is 0 Å². The highest BCUT2D eigenvalue weighted by molar-refractivity contribution is 5.88. The summed E-state index contributed by atoms with van der Waals surface area (Å²) in [5.41, 5.74) is 1.80. The summed E-state index contributed by atoms with van der Waals surface area (Å²) >= 11 is 0. The Balaban J connectivity index is 1.60. The third-order valence-electron chi connectivity index (χ3n) is 5.77. The lowest BCUT2D eigenvalue weighted by molar-refractivity contribution is 0.0317. The summed E-state index contributed by atoms with van der Waals surface area (Å²) in [4.78, 5) is 18.7. The Morgan fingerprint density at radius 3 is 2.44 bits per heavy atom. The van der Waals surface area contributed by atoms with Gasteiger partial charge in [0.25, 0.3) is 0 Å². The van der Waals surface area contributed by atoms with Crippen LogP contribution < -0.4 is 14.4 Å². The molecule has 0 spiro atoms. The Labute approximate surface area is 201 Å².